The normalized spacial score (nSPS) is 11.6. The van der Waals surface area contributed by atoms with Crippen molar-refractivity contribution in [1.82, 2.24) is 14.8 Å². The fourth-order valence-corrected chi connectivity index (χ4v) is 4.65. The number of carbonyl (C=O) groups is 1. The van der Waals surface area contributed by atoms with Crippen LogP contribution in [0.2, 0.25) is 10.0 Å². The van der Waals surface area contributed by atoms with E-state index in [-0.39, 0.29) is 17.1 Å². The Morgan fingerprint density at radius 1 is 1.06 bits per heavy atom. The number of nitrogens with zero attached hydrogens (tertiary/aromatic N) is 3. The van der Waals surface area contributed by atoms with Crippen molar-refractivity contribution < 1.29 is 9.21 Å². The first-order valence-corrected chi connectivity index (χ1v) is 12.4. The number of hydrogen-bond acceptors (Lipinski definition) is 5. The van der Waals surface area contributed by atoms with Crippen molar-refractivity contribution in [3.8, 4) is 11.4 Å². The molecule has 0 bridgehead atoms. The van der Waals surface area contributed by atoms with Gasteiger partial charge >= 0.3 is 0 Å². The largest absolute Gasteiger partial charge is 0.467 e. The van der Waals surface area contributed by atoms with E-state index in [0.717, 1.165) is 11.3 Å². The van der Waals surface area contributed by atoms with Crippen molar-refractivity contribution in [2.24, 2.45) is 0 Å². The number of aromatic nitrogens is 3. The van der Waals surface area contributed by atoms with Gasteiger partial charge in [-0.15, -0.1) is 10.2 Å². The van der Waals surface area contributed by atoms with Crippen LogP contribution in [-0.2, 0) is 16.8 Å². The van der Waals surface area contributed by atoms with Crippen LogP contribution in [0.4, 0.5) is 5.69 Å². The Labute approximate surface area is 212 Å². The van der Waals surface area contributed by atoms with Crippen LogP contribution in [0, 0.1) is 0 Å². The number of amides is 1. The second-order valence-electron chi connectivity index (χ2n) is 8.79. The van der Waals surface area contributed by atoms with Crippen molar-refractivity contribution in [3.05, 3.63) is 82.2 Å². The van der Waals surface area contributed by atoms with Crippen LogP contribution in [0.3, 0.4) is 0 Å². The van der Waals surface area contributed by atoms with E-state index in [2.05, 4.69) is 48.4 Å². The van der Waals surface area contributed by atoms with Crippen molar-refractivity contribution >= 4 is 46.6 Å². The van der Waals surface area contributed by atoms with Gasteiger partial charge in [0.05, 0.1) is 18.6 Å². The summed E-state index contributed by atoms with van der Waals surface area (Å²) in [5.74, 6) is 1.42. The molecule has 9 heteroatoms. The lowest BCUT2D eigenvalue weighted by Crippen LogP contribution is -2.15. The van der Waals surface area contributed by atoms with Crippen LogP contribution >= 0.6 is 35.0 Å². The molecule has 176 valence electrons. The van der Waals surface area contributed by atoms with Gasteiger partial charge in [0, 0.05) is 21.3 Å². The van der Waals surface area contributed by atoms with Crippen LogP contribution in [0.15, 0.2) is 70.4 Å². The number of carbonyl (C=O) groups excluding carboxylic acids is 1. The molecule has 0 aliphatic rings. The lowest BCUT2D eigenvalue weighted by molar-refractivity contribution is -0.113. The summed E-state index contributed by atoms with van der Waals surface area (Å²) in [6.45, 7) is 6.99. The van der Waals surface area contributed by atoms with Gasteiger partial charge in [0.15, 0.2) is 11.0 Å². The summed E-state index contributed by atoms with van der Waals surface area (Å²) in [7, 11) is 0. The Balaban J connectivity index is 1.55. The van der Waals surface area contributed by atoms with E-state index < -0.39 is 0 Å². The van der Waals surface area contributed by atoms with Gasteiger partial charge in [-0.1, -0.05) is 80.0 Å². The van der Waals surface area contributed by atoms with Crippen molar-refractivity contribution in [2.45, 2.75) is 37.9 Å². The number of thioether (sulfide) groups is 1. The van der Waals surface area contributed by atoms with Gasteiger partial charge < -0.3 is 9.73 Å². The van der Waals surface area contributed by atoms with Gasteiger partial charge in [-0.25, -0.2) is 0 Å². The maximum absolute atomic E-state index is 12.6. The molecule has 4 rings (SSSR count). The molecule has 2 heterocycles. The molecule has 4 aromatic rings. The molecule has 0 radical (unpaired) electrons. The molecule has 0 saturated carbocycles. The van der Waals surface area contributed by atoms with E-state index in [0.29, 0.717) is 33.3 Å². The third kappa shape index (κ3) is 6.03. The maximum atomic E-state index is 12.6. The quantitative estimate of drug-likeness (QED) is 0.271. The van der Waals surface area contributed by atoms with Crippen molar-refractivity contribution in [1.29, 1.82) is 0 Å². The molecular weight excluding hydrogens is 491 g/mol. The third-order valence-corrected chi connectivity index (χ3v) is 6.50. The Kier molecular flexibility index (Phi) is 7.36. The van der Waals surface area contributed by atoms with Gasteiger partial charge in [-0.2, -0.15) is 0 Å². The molecular formula is C25H24Cl2N4O2S. The zero-order valence-corrected chi connectivity index (χ0v) is 21.3. The molecule has 2 aromatic heterocycles. The highest BCUT2D eigenvalue weighted by molar-refractivity contribution is 7.99. The topological polar surface area (TPSA) is 73.0 Å². The maximum Gasteiger partial charge on any atom is 0.234 e. The molecule has 0 aliphatic heterocycles. The second-order valence-corrected chi connectivity index (χ2v) is 10.6. The number of halogens is 2. The first-order chi connectivity index (χ1) is 16.2. The summed E-state index contributed by atoms with van der Waals surface area (Å²) in [5.41, 5.74) is 2.78. The minimum atomic E-state index is -0.202. The van der Waals surface area contributed by atoms with Crippen LogP contribution in [-0.4, -0.2) is 26.4 Å². The molecule has 2 aromatic carbocycles. The number of benzene rings is 2. The molecule has 0 spiro atoms. The molecule has 0 atom stereocenters. The third-order valence-electron chi connectivity index (χ3n) is 5.10. The van der Waals surface area contributed by atoms with Gasteiger partial charge in [-0.3, -0.25) is 9.36 Å². The lowest BCUT2D eigenvalue weighted by Gasteiger charge is -2.19. The van der Waals surface area contributed by atoms with Gasteiger partial charge in [0.25, 0.3) is 0 Å². The Morgan fingerprint density at radius 3 is 2.38 bits per heavy atom. The van der Waals surface area contributed by atoms with Gasteiger partial charge in [-0.05, 0) is 41.3 Å². The second kappa shape index (κ2) is 10.3. The SMILES string of the molecule is CC(C)(C)c1ccc(-c2nnc(SCC(=O)Nc3cc(Cl)cc(Cl)c3)n2Cc2ccco2)cc1. The summed E-state index contributed by atoms with van der Waals surface area (Å²) < 4.78 is 7.51. The average molecular weight is 515 g/mol. The monoisotopic (exact) mass is 514 g/mol. The minimum Gasteiger partial charge on any atom is -0.467 e. The molecule has 0 fully saturated rings. The molecule has 6 nitrogen and oxygen atoms in total. The molecule has 0 aliphatic carbocycles. The summed E-state index contributed by atoms with van der Waals surface area (Å²) in [6.07, 6.45) is 1.63. The molecule has 1 N–H and O–H groups in total. The molecule has 0 saturated heterocycles. The van der Waals surface area contributed by atoms with E-state index in [1.165, 1.54) is 17.3 Å². The van der Waals surface area contributed by atoms with Gasteiger partial charge in [0.1, 0.15) is 5.76 Å². The highest BCUT2D eigenvalue weighted by atomic mass is 35.5. The predicted molar refractivity (Wildman–Crippen MR) is 138 cm³/mol. The lowest BCUT2D eigenvalue weighted by atomic mass is 9.87. The fraction of sp³-hybridized carbons (Fsp3) is 0.240. The van der Waals surface area contributed by atoms with E-state index in [9.17, 15) is 4.79 Å². The van der Waals surface area contributed by atoms with Crippen LogP contribution < -0.4 is 5.32 Å². The summed E-state index contributed by atoms with van der Waals surface area (Å²) in [5, 5.41) is 13.1. The standard InChI is InChI=1S/C25H24Cl2N4O2S/c1-25(2,3)17-8-6-16(7-9-17)23-29-30-24(31(23)14-21-5-4-10-33-21)34-15-22(32)28-20-12-18(26)11-19(27)13-20/h4-13H,14-15H2,1-3H3,(H,28,32). The Hall–Kier alpha value is -2.74. The molecule has 1 amide bonds. The van der Waals surface area contributed by atoms with E-state index in [1.807, 2.05) is 28.8 Å². The number of hydrogen-bond donors (Lipinski definition) is 1. The Morgan fingerprint density at radius 2 is 1.76 bits per heavy atom. The first kappa shape index (κ1) is 24.4. The van der Waals surface area contributed by atoms with Gasteiger partial charge in [0.2, 0.25) is 5.91 Å². The first-order valence-electron chi connectivity index (χ1n) is 10.6. The number of furan rings is 1. The minimum absolute atomic E-state index is 0.0575. The number of nitrogens with one attached hydrogen (secondary N) is 1. The van der Waals surface area contributed by atoms with E-state index >= 15 is 0 Å². The van der Waals surface area contributed by atoms with Crippen LogP contribution in [0.1, 0.15) is 32.1 Å². The van der Waals surface area contributed by atoms with E-state index in [4.69, 9.17) is 27.6 Å². The van der Waals surface area contributed by atoms with Crippen LogP contribution in [0.25, 0.3) is 11.4 Å². The molecule has 0 unspecified atom stereocenters. The average Bonchev–Trinajstić information content (AvgIpc) is 3.41. The summed E-state index contributed by atoms with van der Waals surface area (Å²) >= 11 is 13.3. The zero-order valence-electron chi connectivity index (χ0n) is 19.0. The van der Waals surface area contributed by atoms with E-state index in [1.54, 1.807) is 24.5 Å². The Bertz CT molecular complexity index is 1260. The van der Waals surface area contributed by atoms with Crippen molar-refractivity contribution in [3.63, 3.8) is 0 Å². The predicted octanol–water partition coefficient (Wildman–Crippen LogP) is 6.92. The number of anilines is 1. The highest BCUT2D eigenvalue weighted by Gasteiger charge is 2.19. The van der Waals surface area contributed by atoms with Crippen molar-refractivity contribution in [2.75, 3.05) is 11.1 Å². The highest BCUT2D eigenvalue weighted by Crippen LogP contribution is 2.29. The molecule has 34 heavy (non-hydrogen) atoms. The smallest absolute Gasteiger partial charge is 0.234 e. The number of rotatable bonds is 7. The zero-order chi connectivity index (χ0) is 24.3. The van der Waals surface area contributed by atoms with Crippen LogP contribution in [0.5, 0.6) is 0 Å². The summed E-state index contributed by atoms with van der Waals surface area (Å²) in [4.78, 5) is 12.6. The summed E-state index contributed by atoms with van der Waals surface area (Å²) in [6, 6.07) is 17.0. The fourth-order valence-electron chi connectivity index (χ4n) is 3.38.